The third-order valence-corrected chi connectivity index (χ3v) is 19.8. The number of hydrogen-bond acceptors (Lipinski definition) is 17. The Kier molecular flexibility index (Phi) is 20.6. The van der Waals surface area contributed by atoms with Crippen molar-refractivity contribution >= 4 is 140 Å². The summed E-state index contributed by atoms with van der Waals surface area (Å²) in [5.74, 6) is 7.96. The first-order valence-corrected chi connectivity index (χ1v) is 37.8. The Morgan fingerprint density at radius 3 is 1.13 bits per heavy atom. The Balaban J connectivity index is 0.000000113. The minimum atomic E-state index is -0.699. The number of primary amides is 1. The molecule has 0 aliphatic carbocycles. The molecule has 22 nitrogen and oxygen atoms in total. The molecule has 0 fully saturated rings. The van der Waals surface area contributed by atoms with Gasteiger partial charge in [0, 0.05) is 71.6 Å². The summed E-state index contributed by atoms with van der Waals surface area (Å²) >= 11 is 0. The van der Waals surface area contributed by atoms with Crippen LogP contribution in [0.1, 0.15) is 66.6 Å². The van der Waals surface area contributed by atoms with Crippen molar-refractivity contribution in [3.63, 3.8) is 0 Å². The van der Waals surface area contributed by atoms with Crippen LogP contribution in [0.5, 0.6) is 0 Å². The molecule has 25 heteroatoms. The van der Waals surface area contributed by atoms with Gasteiger partial charge in [-0.05, 0) is 138 Å². The number of carbonyl (C=O) groups is 1. The molecule has 0 saturated carbocycles. The summed E-state index contributed by atoms with van der Waals surface area (Å²) in [4.78, 5) is 50.0. The number of nitrogens with one attached hydrogen (secondary N) is 8. The van der Waals surface area contributed by atoms with Gasteiger partial charge in [0.05, 0.1) is 49.6 Å². The van der Waals surface area contributed by atoms with E-state index >= 15 is 0 Å². The highest BCUT2D eigenvalue weighted by molar-refractivity contribution is 6.03. The number of hydrogen-bond donors (Lipinski definition) is 9. The average molecular weight is 1550 g/mol. The second kappa shape index (κ2) is 32.5. The molecule has 118 heavy (non-hydrogen) atoms. The van der Waals surface area contributed by atoms with Gasteiger partial charge in [-0.25, -0.2) is 53.0 Å². The molecule has 8 heterocycles. The van der Waals surface area contributed by atoms with Crippen LogP contribution >= 0.6 is 0 Å². The van der Waals surface area contributed by atoms with E-state index in [9.17, 15) is 18.0 Å². The van der Waals surface area contributed by atoms with Gasteiger partial charge in [-0.2, -0.15) is 20.4 Å². The number of amides is 1. The molecule has 10 N–H and O–H groups in total. The number of para-hydroxylation sites is 6. The maximum Gasteiger partial charge on any atom is 0.249 e. The molecule has 1 amide bonds. The van der Waals surface area contributed by atoms with Crippen LogP contribution in [0, 0.1) is 29.8 Å². The lowest BCUT2D eigenvalue weighted by Crippen LogP contribution is -2.13. The largest absolute Gasteiger partial charge is 0.366 e. The number of anilines is 8. The van der Waals surface area contributed by atoms with Crippen LogP contribution in [0.2, 0.25) is 0 Å². The zero-order valence-electron chi connectivity index (χ0n) is 63.7. The van der Waals surface area contributed by atoms with Crippen molar-refractivity contribution in [3.05, 3.63) is 313 Å². The Labute approximate surface area is 671 Å². The van der Waals surface area contributed by atoms with Crippen LogP contribution in [-0.2, 0) is 0 Å². The summed E-state index contributed by atoms with van der Waals surface area (Å²) in [5, 5.41) is 48.3. The maximum absolute atomic E-state index is 14.1. The minimum Gasteiger partial charge on any atom is -0.366 e. The molecule has 0 bridgehead atoms. The number of rotatable bonds is 15. The first kappa shape index (κ1) is 74.6. The summed E-state index contributed by atoms with van der Waals surface area (Å²) in [6.07, 6.45) is 5.65. The number of halogens is 3. The van der Waals surface area contributed by atoms with Gasteiger partial charge >= 0.3 is 0 Å². The molecule has 8 aromatic heterocycles. The molecule has 20 aromatic rings. The zero-order valence-corrected chi connectivity index (χ0v) is 63.7. The summed E-state index contributed by atoms with van der Waals surface area (Å²) < 4.78 is 41.7. The van der Waals surface area contributed by atoms with Gasteiger partial charge in [0.1, 0.15) is 40.4 Å². The van der Waals surface area contributed by atoms with Crippen LogP contribution in [0.25, 0.3) is 133 Å². The average Bonchev–Trinajstić information content (AvgIpc) is 1.40. The van der Waals surface area contributed by atoms with E-state index in [1.165, 1.54) is 23.8 Å². The van der Waals surface area contributed by atoms with Gasteiger partial charge in [0.2, 0.25) is 5.91 Å². The standard InChI is InChI=1S/C24H19F2N5.C24H21N5.C23H14FN5.C22H16N6O/c1-13(2)15-7-3-4-8-16(15)22-27-20-10-6-5-9-17(20)23(28-22)29-24-18-11-14(25)12-19(26)21(18)30-31-24;1-15(2)16-9-3-4-10-17(16)22-25-20-13-7-5-11-18(20)23(26-22)27-24-19-12-6-8-14-21(19)28-29-24;1-2-14-7-3-4-8-16(14)21-25-19-10-6-5-9-17(19)22(26-21)27-23-18-13-15(24)11-12-20(18)28-29-23;23-19(29)13-7-1-2-8-14(13)20-24-17-11-5-3-9-15(17)21(25-20)26-22-16-10-4-6-12-18(16)27-28-22/h3-13H,1-2H3,(H2,27,28,29,30,31);3-15H,1-2H3,(H2,25,26,27,28,29);1,3-13H,(H2,25,26,27,28,29);1-12H,(H2,23,29)(H2,24,25,26,27,28). The highest BCUT2D eigenvalue weighted by atomic mass is 19.1. The number of benzene rings is 12. The van der Waals surface area contributed by atoms with E-state index < -0.39 is 17.5 Å². The molecule has 0 radical (unpaired) electrons. The monoisotopic (exact) mass is 1550 g/mol. The zero-order chi connectivity index (χ0) is 80.9. The Bertz CT molecular complexity index is 7250. The highest BCUT2D eigenvalue weighted by Crippen LogP contribution is 2.38. The van der Waals surface area contributed by atoms with Gasteiger partial charge in [-0.3, -0.25) is 25.2 Å². The first-order valence-electron chi connectivity index (χ1n) is 37.8. The van der Waals surface area contributed by atoms with Gasteiger partial charge in [-0.1, -0.05) is 185 Å². The van der Waals surface area contributed by atoms with Gasteiger partial charge in [0.25, 0.3) is 0 Å². The van der Waals surface area contributed by atoms with Crippen molar-refractivity contribution in [2.24, 2.45) is 5.73 Å². The molecule has 20 rings (SSSR count). The molecule has 0 aliphatic rings. The fourth-order valence-electron chi connectivity index (χ4n) is 14.1. The van der Waals surface area contributed by atoms with E-state index in [0.717, 1.165) is 117 Å². The molecule has 574 valence electrons. The second-order valence-corrected chi connectivity index (χ2v) is 28.1. The van der Waals surface area contributed by atoms with Crippen LogP contribution in [0.15, 0.2) is 273 Å². The normalized spacial score (nSPS) is 11.2. The quantitative estimate of drug-likeness (QED) is 0.0431. The Hall–Kier alpha value is -16.1. The van der Waals surface area contributed by atoms with Gasteiger partial charge in [-0.15, -0.1) is 6.42 Å². The van der Waals surface area contributed by atoms with Crippen LogP contribution in [-0.4, -0.2) is 86.6 Å². The van der Waals surface area contributed by atoms with E-state index in [1.807, 2.05) is 200 Å². The minimum absolute atomic E-state index is 0.132. The summed E-state index contributed by atoms with van der Waals surface area (Å²) in [6.45, 7) is 8.62. The number of carbonyl (C=O) groups excluding carboxylic acids is 1. The first-order chi connectivity index (χ1) is 57.6. The van der Waals surface area contributed by atoms with Crippen LogP contribution in [0.3, 0.4) is 0 Å². The fourth-order valence-corrected chi connectivity index (χ4v) is 14.1. The summed E-state index contributed by atoms with van der Waals surface area (Å²) in [7, 11) is 0. The lowest BCUT2D eigenvalue weighted by Gasteiger charge is -2.14. The predicted molar refractivity (Wildman–Crippen MR) is 462 cm³/mol. The number of H-pyrrole nitrogens is 4. The SMILES string of the molecule is C#Cc1ccccc1-c1nc(Nc2n[nH]c3ccc(F)cc23)c2ccccc2n1.CC(C)c1ccccc1-c1nc(Nc2n[nH]c3c(F)cc(F)cc23)c2ccccc2n1.CC(C)c1ccccc1-c1nc(Nc2n[nH]c3ccccc23)c2ccccc2n1.NC(=O)c1ccccc1-c1nc(Nc2n[nH]c3ccccc23)c2ccccc2n1. The molecular formula is C93H70F3N21O. The molecule has 0 atom stereocenters. The Morgan fingerprint density at radius 1 is 0.339 bits per heavy atom. The van der Waals surface area contributed by atoms with Crippen LogP contribution in [0.4, 0.5) is 59.7 Å². The summed E-state index contributed by atoms with van der Waals surface area (Å²) in [6, 6.07) is 84.3. The third-order valence-electron chi connectivity index (χ3n) is 19.8. The van der Waals surface area contributed by atoms with Crippen molar-refractivity contribution < 1.29 is 18.0 Å². The smallest absolute Gasteiger partial charge is 0.249 e. The van der Waals surface area contributed by atoms with Crippen molar-refractivity contribution in [1.29, 1.82) is 0 Å². The van der Waals surface area contributed by atoms with Crippen molar-refractivity contribution in [2.45, 2.75) is 39.5 Å². The second-order valence-electron chi connectivity index (χ2n) is 28.1. The fraction of sp³-hybridized carbons (Fsp3) is 0.0645. The number of nitrogens with two attached hydrogens (primary N) is 1. The van der Waals surface area contributed by atoms with E-state index in [4.69, 9.17) is 42.1 Å². The molecule has 0 spiro atoms. The molecular weight excluding hydrogens is 1480 g/mol. The molecule has 0 aliphatic heterocycles. The van der Waals surface area contributed by atoms with Gasteiger partial charge in [0.15, 0.2) is 52.4 Å². The third kappa shape index (κ3) is 15.3. The van der Waals surface area contributed by atoms with Crippen LogP contribution < -0.4 is 27.0 Å². The number of terminal acetylenes is 1. The molecule has 12 aromatic carbocycles. The molecule has 0 saturated heterocycles. The van der Waals surface area contributed by atoms with E-state index in [1.54, 1.807) is 24.3 Å². The highest BCUT2D eigenvalue weighted by Gasteiger charge is 2.23. The number of nitrogens with zero attached hydrogens (tertiary/aromatic N) is 12. The molecule has 0 unspecified atom stereocenters. The summed E-state index contributed by atoms with van der Waals surface area (Å²) in [5.41, 5.74) is 18.3. The maximum atomic E-state index is 14.1. The van der Waals surface area contributed by atoms with Crippen molar-refractivity contribution in [2.75, 3.05) is 21.3 Å². The van der Waals surface area contributed by atoms with E-state index in [-0.39, 0.29) is 11.3 Å². The lowest BCUT2D eigenvalue weighted by atomic mass is 9.97. The van der Waals surface area contributed by atoms with E-state index in [0.29, 0.717) is 91.7 Å². The number of aromatic amines is 4. The topological polar surface area (TPSA) is 309 Å². The lowest BCUT2D eigenvalue weighted by molar-refractivity contribution is 0.100. The van der Waals surface area contributed by atoms with Crippen molar-refractivity contribution in [1.82, 2.24) is 80.7 Å². The van der Waals surface area contributed by atoms with Crippen molar-refractivity contribution in [3.8, 4) is 57.9 Å². The predicted octanol–water partition coefficient (Wildman–Crippen LogP) is 21.4. The number of fused-ring (bicyclic) bond motifs is 8. The Morgan fingerprint density at radius 2 is 0.678 bits per heavy atom. The number of aromatic nitrogens is 16. The van der Waals surface area contributed by atoms with Gasteiger partial charge < -0.3 is 27.0 Å². The van der Waals surface area contributed by atoms with E-state index in [2.05, 4.69) is 130 Å².